The van der Waals surface area contributed by atoms with E-state index in [1.807, 2.05) is 12.4 Å². The highest BCUT2D eigenvalue weighted by Crippen LogP contribution is 2.28. The second kappa shape index (κ2) is 4.81. The number of hydrogen-bond donors (Lipinski definition) is 2. The summed E-state index contributed by atoms with van der Waals surface area (Å²) in [5, 5.41) is 3.52. The van der Waals surface area contributed by atoms with Crippen LogP contribution in [0.25, 0.3) is 0 Å². The van der Waals surface area contributed by atoms with Crippen molar-refractivity contribution in [1.82, 2.24) is 10.3 Å². The molecule has 1 aromatic rings. The van der Waals surface area contributed by atoms with Gasteiger partial charge in [0.25, 0.3) is 0 Å². The van der Waals surface area contributed by atoms with Crippen LogP contribution in [0.15, 0.2) is 18.5 Å². The summed E-state index contributed by atoms with van der Waals surface area (Å²) in [6.45, 7) is 6.23. The fourth-order valence-electron chi connectivity index (χ4n) is 2.02. The third-order valence-corrected chi connectivity index (χ3v) is 3.24. The first-order valence-electron chi connectivity index (χ1n) is 5.69. The first kappa shape index (κ1) is 10.7. The van der Waals surface area contributed by atoms with E-state index in [9.17, 15) is 0 Å². The molecule has 0 aliphatic carbocycles. The molecule has 3 nitrogen and oxygen atoms in total. The van der Waals surface area contributed by atoms with Gasteiger partial charge >= 0.3 is 0 Å². The normalized spacial score (nSPS) is 20.3. The molecule has 3 heteroatoms. The number of rotatable bonds is 4. The fraction of sp³-hybridized carbons (Fsp3) is 0.667. The highest BCUT2D eigenvalue weighted by atomic mass is 16.5. The zero-order valence-corrected chi connectivity index (χ0v) is 9.38. The van der Waals surface area contributed by atoms with Crippen LogP contribution in [0.5, 0.6) is 0 Å². The van der Waals surface area contributed by atoms with Gasteiger partial charge in [0.1, 0.15) is 0 Å². The average molecular weight is 208 g/mol. The molecule has 1 fully saturated rings. The Morgan fingerprint density at radius 1 is 1.47 bits per heavy atom. The van der Waals surface area contributed by atoms with E-state index in [0.717, 1.165) is 26.3 Å². The first-order valence-corrected chi connectivity index (χ1v) is 5.69. The smallest absolute Gasteiger partial charge is 0.0471 e. The monoisotopic (exact) mass is 208 g/mol. The molecule has 15 heavy (non-hydrogen) atoms. The zero-order valence-electron chi connectivity index (χ0n) is 9.38. The minimum atomic E-state index is 0.425. The molecule has 2 rings (SSSR count). The molecule has 1 aliphatic rings. The van der Waals surface area contributed by atoms with Gasteiger partial charge in [0.05, 0.1) is 0 Å². The summed E-state index contributed by atoms with van der Waals surface area (Å²) in [5.41, 5.74) is 1.75. The van der Waals surface area contributed by atoms with Crippen molar-refractivity contribution in [3.63, 3.8) is 0 Å². The van der Waals surface area contributed by atoms with Crippen LogP contribution in [0.4, 0.5) is 0 Å². The van der Waals surface area contributed by atoms with Gasteiger partial charge < -0.3 is 15.0 Å². The van der Waals surface area contributed by atoms with Crippen LogP contribution in [0.2, 0.25) is 0 Å². The summed E-state index contributed by atoms with van der Waals surface area (Å²) in [4.78, 5) is 3.07. The van der Waals surface area contributed by atoms with E-state index < -0.39 is 0 Å². The maximum Gasteiger partial charge on any atom is 0.0471 e. The maximum atomic E-state index is 5.38. The summed E-state index contributed by atoms with van der Waals surface area (Å²) in [5.74, 6) is 0. The van der Waals surface area contributed by atoms with Crippen LogP contribution in [-0.2, 0) is 11.3 Å². The highest BCUT2D eigenvalue weighted by Gasteiger charge is 2.26. The van der Waals surface area contributed by atoms with Crippen LogP contribution >= 0.6 is 0 Å². The summed E-state index contributed by atoms with van der Waals surface area (Å²) >= 11 is 0. The van der Waals surface area contributed by atoms with Crippen LogP contribution in [0.3, 0.4) is 0 Å². The third-order valence-electron chi connectivity index (χ3n) is 3.24. The molecule has 0 aromatic carbocycles. The Kier molecular flexibility index (Phi) is 3.44. The van der Waals surface area contributed by atoms with E-state index in [1.54, 1.807) is 0 Å². The van der Waals surface area contributed by atoms with Crippen LogP contribution < -0.4 is 5.32 Å². The average Bonchev–Trinajstić information content (AvgIpc) is 2.71. The third kappa shape index (κ3) is 3.08. The van der Waals surface area contributed by atoms with Crippen molar-refractivity contribution >= 4 is 0 Å². The molecule has 0 bridgehead atoms. The van der Waals surface area contributed by atoms with Crippen LogP contribution in [0.1, 0.15) is 25.3 Å². The molecule has 1 saturated heterocycles. The van der Waals surface area contributed by atoms with Gasteiger partial charge in [0.15, 0.2) is 0 Å². The molecular formula is C12H20N2O. The Labute approximate surface area is 91.2 Å². The van der Waals surface area contributed by atoms with Gasteiger partial charge in [-0.25, -0.2) is 0 Å². The lowest BCUT2D eigenvalue weighted by atomic mass is 9.82. The molecule has 2 heterocycles. The van der Waals surface area contributed by atoms with Gasteiger partial charge in [-0.2, -0.15) is 0 Å². The van der Waals surface area contributed by atoms with E-state index in [0.29, 0.717) is 5.41 Å². The second-order valence-electron chi connectivity index (χ2n) is 4.75. The predicted molar refractivity (Wildman–Crippen MR) is 60.7 cm³/mol. The standard InChI is InChI=1S/C12H20N2O/c1-12(3-6-15-7-4-12)10-14-9-11-2-5-13-8-11/h2,5,8,13-14H,3-4,6-7,9-10H2,1H3. The molecule has 0 radical (unpaired) electrons. The SMILES string of the molecule is CC1(CNCc2cc[nH]c2)CCOCC1. The fourth-order valence-corrected chi connectivity index (χ4v) is 2.02. The summed E-state index contributed by atoms with van der Waals surface area (Å²) in [6.07, 6.45) is 6.35. The number of hydrogen-bond acceptors (Lipinski definition) is 2. The minimum Gasteiger partial charge on any atom is -0.381 e. The number of aromatic nitrogens is 1. The largest absolute Gasteiger partial charge is 0.381 e. The van der Waals surface area contributed by atoms with E-state index >= 15 is 0 Å². The van der Waals surface area contributed by atoms with Crippen molar-refractivity contribution < 1.29 is 4.74 Å². The van der Waals surface area contributed by atoms with Gasteiger partial charge in [-0.3, -0.25) is 0 Å². The van der Waals surface area contributed by atoms with Gasteiger partial charge in [-0.05, 0) is 29.9 Å². The number of H-pyrrole nitrogens is 1. The lowest BCUT2D eigenvalue weighted by Crippen LogP contribution is -2.36. The predicted octanol–water partition coefficient (Wildman–Crippen LogP) is 1.92. The Morgan fingerprint density at radius 3 is 2.93 bits per heavy atom. The Morgan fingerprint density at radius 2 is 2.27 bits per heavy atom. The van der Waals surface area contributed by atoms with Crippen molar-refractivity contribution in [3.05, 3.63) is 24.0 Å². The van der Waals surface area contributed by atoms with Crippen molar-refractivity contribution in [3.8, 4) is 0 Å². The molecule has 0 saturated carbocycles. The van der Waals surface area contributed by atoms with E-state index in [1.165, 1.54) is 18.4 Å². The van der Waals surface area contributed by atoms with E-state index in [2.05, 4.69) is 23.3 Å². The molecule has 1 aromatic heterocycles. The van der Waals surface area contributed by atoms with Gasteiger partial charge in [-0.1, -0.05) is 6.92 Å². The maximum absolute atomic E-state index is 5.38. The molecular weight excluding hydrogens is 188 g/mol. The molecule has 1 aliphatic heterocycles. The van der Waals surface area contributed by atoms with E-state index in [4.69, 9.17) is 4.74 Å². The molecule has 84 valence electrons. The van der Waals surface area contributed by atoms with Crippen molar-refractivity contribution in [2.24, 2.45) is 5.41 Å². The minimum absolute atomic E-state index is 0.425. The summed E-state index contributed by atoms with van der Waals surface area (Å²) < 4.78 is 5.38. The van der Waals surface area contributed by atoms with E-state index in [-0.39, 0.29) is 0 Å². The highest BCUT2D eigenvalue weighted by molar-refractivity contribution is 5.07. The lowest BCUT2D eigenvalue weighted by Gasteiger charge is -2.33. The van der Waals surface area contributed by atoms with Crippen LogP contribution in [0, 0.1) is 5.41 Å². The Bertz CT molecular complexity index is 276. The Hall–Kier alpha value is -0.800. The molecule has 0 atom stereocenters. The summed E-state index contributed by atoms with van der Waals surface area (Å²) in [7, 11) is 0. The first-order chi connectivity index (χ1) is 7.29. The van der Waals surface area contributed by atoms with Crippen molar-refractivity contribution in [1.29, 1.82) is 0 Å². The number of nitrogens with one attached hydrogen (secondary N) is 2. The Balaban J connectivity index is 1.72. The zero-order chi connectivity index (χ0) is 10.6. The van der Waals surface area contributed by atoms with Crippen LogP contribution in [-0.4, -0.2) is 24.7 Å². The second-order valence-corrected chi connectivity index (χ2v) is 4.75. The van der Waals surface area contributed by atoms with Gasteiger partial charge in [0, 0.05) is 38.7 Å². The molecule has 0 unspecified atom stereocenters. The van der Waals surface area contributed by atoms with Crippen molar-refractivity contribution in [2.75, 3.05) is 19.8 Å². The lowest BCUT2D eigenvalue weighted by molar-refractivity contribution is 0.0240. The quantitative estimate of drug-likeness (QED) is 0.793. The van der Waals surface area contributed by atoms with Gasteiger partial charge in [-0.15, -0.1) is 0 Å². The summed E-state index contributed by atoms with van der Waals surface area (Å²) in [6, 6.07) is 2.11. The number of ether oxygens (including phenoxy) is 1. The van der Waals surface area contributed by atoms with Crippen molar-refractivity contribution in [2.45, 2.75) is 26.3 Å². The van der Waals surface area contributed by atoms with Gasteiger partial charge in [0.2, 0.25) is 0 Å². The molecule has 0 spiro atoms. The topological polar surface area (TPSA) is 37.0 Å². The number of aromatic amines is 1. The molecule has 2 N–H and O–H groups in total. The molecule has 0 amide bonds.